The smallest absolute Gasteiger partial charge is 0.855 e. The Labute approximate surface area is 87.7 Å². The van der Waals surface area contributed by atoms with Crippen LogP contribution < -0.4 is 10.2 Å². The monoisotopic (exact) mass is 196 g/mol. The topological polar surface area (TPSA) is 46.1 Å². The van der Waals surface area contributed by atoms with Crippen molar-refractivity contribution in [3.05, 3.63) is 0 Å². The predicted octanol–water partition coefficient (Wildman–Crippen LogP) is -0.821. The quantitative estimate of drug-likeness (QED) is 0.429. The van der Waals surface area contributed by atoms with Crippen LogP contribution in [0.1, 0.15) is 6.92 Å². The molecular weight excluding hydrogens is 187 g/mol. The van der Waals surface area contributed by atoms with E-state index >= 15 is 0 Å². The minimum Gasteiger partial charge on any atom is -0.855 e. The van der Waals surface area contributed by atoms with Crippen molar-refractivity contribution in [3.63, 3.8) is 0 Å². The molecule has 0 aromatic rings. The first-order valence-corrected chi connectivity index (χ1v) is 3.65. The Balaban J connectivity index is -0.000000107. The molecule has 0 rings (SSSR count). The van der Waals surface area contributed by atoms with E-state index in [0.29, 0.717) is 0 Å². The zero-order valence-electron chi connectivity index (χ0n) is 5.98. The van der Waals surface area contributed by atoms with Crippen molar-refractivity contribution >= 4 is 46.3 Å². The molecule has 0 bridgehead atoms. The fourth-order valence-corrected chi connectivity index (χ4v) is 0.371. The summed E-state index contributed by atoms with van der Waals surface area (Å²) < 4.78 is 0. The van der Waals surface area contributed by atoms with E-state index in [2.05, 4.69) is 0 Å². The molecule has 0 fully saturated rings. The van der Waals surface area contributed by atoms with E-state index < -0.39 is 6.10 Å². The SMILES string of the molecule is CC[O-].[Mg+2].[O-]C(CCl)CCl. The molecule has 0 aromatic carbocycles. The molecule has 0 saturated carbocycles. The maximum atomic E-state index is 10.0. The third-order valence-corrected chi connectivity index (χ3v) is 1.03. The number of halogens is 2. The van der Waals surface area contributed by atoms with Crippen LogP contribution in [0.3, 0.4) is 0 Å². The Morgan fingerprint density at radius 2 is 1.50 bits per heavy atom. The first-order valence-electron chi connectivity index (χ1n) is 2.58. The van der Waals surface area contributed by atoms with Gasteiger partial charge >= 0.3 is 23.1 Å². The fourth-order valence-electron chi connectivity index (χ4n) is 0.0412. The van der Waals surface area contributed by atoms with Crippen LogP contribution in [-0.2, 0) is 0 Å². The molecule has 0 spiro atoms. The minimum absolute atomic E-state index is 0. The summed E-state index contributed by atoms with van der Waals surface area (Å²) in [7, 11) is 0. The molecule has 0 heterocycles. The molecule has 5 heteroatoms. The molecule has 0 N–H and O–H groups in total. The van der Waals surface area contributed by atoms with E-state index in [1.165, 1.54) is 0 Å². The molecule has 0 aliphatic heterocycles. The molecular formula is C5H10Cl2MgO2. The maximum Gasteiger partial charge on any atom is 2.00 e. The van der Waals surface area contributed by atoms with Gasteiger partial charge in [0, 0.05) is 11.8 Å². The summed E-state index contributed by atoms with van der Waals surface area (Å²) in [4.78, 5) is 0. The molecule has 0 aliphatic rings. The second-order valence-electron chi connectivity index (χ2n) is 1.22. The molecule has 0 saturated heterocycles. The van der Waals surface area contributed by atoms with Gasteiger partial charge in [0.15, 0.2) is 0 Å². The van der Waals surface area contributed by atoms with Crippen molar-refractivity contribution in [2.24, 2.45) is 0 Å². The molecule has 0 aliphatic carbocycles. The number of hydrogen-bond donors (Lipinski definition) is 0. The van der Waals surface area contributed by atoms with Crippen molar-refractivity contribution in [1.29, 1.82) is 0 Å². The Kier molecular flexibility index (Phi) is 29.0. The average Bonchev–Trinajstić information content (AvgIpc) is 1.88. The second kappa shape index (κ2) is 16.7. The molecule has 0 unspecified atom stereocenters. The van der Waals surface area contributed by atoms with Crippen LogP contribution in [0.15, 0.2) is 0 Å². The van der Waals surface area contributed by atoms with Gasteiger partial charge in [0.25, 0.3) is 0 Å². The normalized spacial score (nSPS) is 7.80. The average molecular weight is 197 g/mol. The molecule has 10 heavy (non-hydrogen) atoms. The Morgan fingerprint density at radius 1 is 1.30 bits per heavy atom. The van der Waals surface area contributed by atoms with Crippen molar-refractivity contribution in [3.8, 4) is 0 Å². The zero-order chi connectivity index (χ0) is 7.70. The summed E-state index contributed by atoms with van der Waals surface area (Å²) in [5.41, 5.74) is 0. The van der Waals surface area contributed by atoms with E-state index in [-0.39, 0.29) is 41.4 Å². The predicted molar refractivity (Wildman–Crippen MR) is 41.5 cm³/mol. The van der Waals surface area contributed by atoms with Gasteiger partial charge in [-0.25, -0.2) is 0 Å². The number of rotatable bonds is 2. The van der Waals surface area contributed by atoms with Gasteiger partial charge in [0.1, 0.15) is 0 Å². The molecule has 0 atom stereocenters. The van der Waals surface area contributed by atoms with Gasteiger partial charge in [-0.1, -0.05) is 13.0 Å². The van der Waals surface area contributed by atoms with Crippen molar-refractivity contribution < 1.29 is 10.2 Å². The van der Waals surface area contributed by atoms with Gasteiger partial charge in [-0.05, 0) is 0 Å². The van der Waals surface area contributed by atoms with Crippen LogP contribution in [-0.4, -0.2) is 47.5 Å². The third kappa shape index (κ3) is 22.8. The first-order chi connectivity index (χ1) is 4.22. The minimum atomic E-state index is -0.784. The van der Waals surface area contributed by atoms with Gasteiger partial charge in [-0.2, -0.15) is 0 Å². The van der Waals surface area contributed by atoms with Crippen LogP contribution in [0.5, 0.6) is 0 Å². The van der Waals surface area contributed by atoms with Crippen LogP contribution >= 0.6 is 23.2 Å². The van der Waals surface area contributed by atoms with Crippen molar-refractivity contribution in [1.82, 2.24) is 0 Å². The largest absolute Gasteiger partial charge is 2.00 e. The number of alkyl halides is 2. The Hall–Kier alpha value is 1.27. The summed E-state index contributed by atoms with van der Waals surface area (Å²) in [6.45, 7) is 1.57. The molecule has 58 valence electrons. The van der Waals surface area contributed by atoms with E-state index in [9.17, 15) is 5.11 Å². The van der Waals surface area contributed by atoms with Gasteiger partial charge in [-0.3, -0.25) is 0 Å². The zero-order valence-corrected chi connectivity index (χ0v) is 8.90. The second-order valence-corrected chi connectivity index (χ2v) is 1.84. The van der Waals surface area contributed by atoms with Gasteiger partial charge in [0.05, 0.1) is 0 Å². The summed E-state index contributed by atoms with van der Waals surface area (Å²) in [6.07, 6.45) is -0.784. The molecule has 0 amide bonds. The van der Waals surface area contributed by atoms with E-state index in [1.54, 1.807) is 6.92 Å². The molecule has 0 radical (unpaired) electrons. The van der Waals surface area contributed by atoms with E-state index in [1.807, 2.05) is 0 Å². The van der Waals surface area contributed by atoms with Crippen molar-refractivity contribution in [2.75, 3.05) is 18.4 Å². The maximum absolute atomic E-state index is 10.0. The summed E-state index contributed by atoms with van der Waals surface area (Å²) in [5, 5.41) is 18.9. The Morgan fingerprint density at radius 3 is 1.50 bits per heavy atom. The van der Waals surface area contributed by atoms with Gasteiger partial charge in [-0.15, -0.1) is 29.8 Å². The number of hydrogen-bond acceptors (Lipinski definition) is 2. The fraction of sp³-hybridized carbons (Fsp3) is 1.00. The van der Waals surface area contributed by atoms with Gasteiger partial charge in [0.2, 0.25) is 0 Å². The summed E-state index contributed by atoms with van der Waals surface area (Å²) >= 11 is 10.1. The first kappa shape index (κ1) is 17.4. The van der Waals surface area contributed by atoms with Crippen LogP contribution in [0.25, 0.3) is 0 Å². The van der Waals surface area contributed by atoms with E-state index in [0.717, 1.165) is 0 Å². The molecule has 2 nitrogen and oxygen atoms in total. The third-order valence-electron chi connectivity index (χ3n) is 0.344. The standard InChI is InChI=1S/C3H5Cl2O.C2H5O.Mg/c4-1-3(6)2-5;1-2-3;/h3H,1-2H2;2H2,1H3;/q2*-1;+2. The summed E-state index contributed by atoms with van der Waals surface area (Å²) in [6, 6.07) is 0. The van der Waals surface area contributed by atoms with E-state index in [4.69, 9.17) is 28.3 Å². The molecule has 0 aromatic heterocycles. The Bertz CT molecular complexity index is 44.6. The van der Waals surface area contributed by atoms with Crippen LogP contribution in [0.4, 0.5) is 0 Å². The summed E-state index contributed by atoms with van der Waals surface area (Å²) in [5.74, 6) is 0.229. The van der Waals surface area contributed by atoms with Crippen molar-refractivity contribution in [2.45, 2.75) is 13.0 Å². The van der Waals surface area contributed by atoms with Gasteiger partial charge < -0.3 is 10.2 Å². The van der Waals surface area contributed by atoms with Crippen LogP contribution in [0, 0.1) is 0 Å². The van der Waals surface area contributed by atoms with Crippen LogP contribution in [0.2, 0.25) is 0 Å².